The van der Waals surface area contributed by atoms with Crippen molar-refractivity contribution in [2.24, 2.45) is 0 Å². The molecule has 2 aromatic rings. The highest BCUT2D eigenvalue weighted by Crippen LogP contribution is 2.47. The molecule has 1 N–H and O–H groups in total. The summed E-state index contributed by atoms with van der Waals surface area (Å²) in [5.41, 5.74) is 1.36. The maximum Gasteiger partial charge on any atom is 0.257 e. The van der Waals surface area contributed by atoms with Gasteiger partial charge in [0.15, 0.2) is 6.61 Å². The zero-order valence-electron chi connectivity index (χ0n) is 12.5. The Morgan fingerprint density at radius 3 is 2.57 bits per heavy atom. The number of hydrogen-bond donors (Lipinski definition) is 1. The fourth-order valence-electron chi connectivity index (χ4n) is 2.56. The molecule has 0 radical (unpaired) electrons. The van der Waals surface area contributed by atoms with Gasteiger partial charge in [0.2, 0.25) is 0 Å². The van der Waals surface area contributed by atoms with Gasteiger partial charge in [0.05, 0.1) is 5.02 Å². The van der Waals surface area contributed by atoms with E-state index in [1.165, 1.54) is 5.56 Å². The van der Waals surface area contributed by atoms with Crippen molar-refractivity contribution < 1.29 is 9.53 Å². The third-order valence-electron chi connectivity index (χ3n) is 4.12. The number of carbonyl (C=O) groups is 1. The first-order chi connectivity index (χ1) is 11.1. The van der Waals surface area contributed by atoms with Crippen LogP contribution in [-0.4, -0.2) is 19.1 Å². The van der Waals surface area contributed by atoms with E-state index in [0.29, 0.717) is 22.3 Å². The molecule has 1 saturated carbocycles. The van der Waals surface area contributed by atoms with E-state index in [1.54, 1.807) is 18.2 Å². The Labute approximate surface area is 145 Å². The molecule has 0 aliphatic heterocycles. The van der Waals surface area contributed by atoms with Gasteiger partial charge in [0.1, 0.15) is 5.75 Å². The Kier molecular flexibility index (Phi) is 4.79. The van der Waals surface area contributed by atoms with Crippen molar-refractivity contribution in [1.29, 1.82) is 0 Å². The number of rotatable bonds is 6. The highest BCUT2D eigenvalue weighted by atomic mass is 35.5. The first-order valence-corrected chi connectivity index (χ1v) is 8.25. The first-order valence-electron chi connectivity index (χ1n) is 7.49. The van der Waals surface area contributed by atoms with E-state index in [-0.39, 0.29) is 17.9 Å². The number of nitrogens with one attached hydrogen (secondary N) is 1. The highest BCUT2D eigenvalue weighted by Gasteiger charge is 2.44. The number of ether oxygens (including phenoxy) is 1. The number of benzene rings is 2. The zero-order chi connectivity index (χ0) is 16.3. The molecule has 0 heterocycles. The molecule has 120 valence electrons. The zero-order valence-corrected chi connectivity index (χ0v) is 14.0. The van der Waals surface area contributed by atoms with Crippen LogP contribution in [0.5, 0.6) is 5.75 Å². The van der Waals surface area contributed by atoms with Gasteiger partial charge >= 0.3 is 0 Å². The molecule has 1 amide bonds. The summed E-state index contributed by atoms with van der Waals surface area (Å²) < 4.78 is 5.44. The van der Waals surface area contributed by atoms with Gasteiger partial charge < -0.3 is 10.1 Å². The SMILES string of the molecule is O=C(COc1cc(Cl)ccc1Cl)NCC1(c2ccccc2)CC1. The molecule has 23 heavy (non-hydrogen) atoms. The minimum absolute atomic E-state index is 0.0784. The highest BCUT2D eigenvalue weighted by molar-refractivity contribution is 6.34. The predicted molar refractivity (Wildman–Crippen MR) is 92.3 cm³/mol. The number of hydrogen-bond acceptors (Lipinski definition) is 2. The van der Waals surface area contributed by atoms with Crippen LogP contribution < -0.4 is 10.1 Å². The van der Waals surface area contributed by atoms with Crippen molar-refractivity contribution in [3.63, 3.8) is 0 Å². The van der Waals surface area contributed by atoms with Crippen molar-refractivity contribution in [2.45, 2.75) is 18.3 Å². The molecule has 3 nitrogen and oxygen atoms in total. The van der Waals surface area contributed by atoms with Crippen LogP contribution in [0.25, 0.3) is 0 Å². The lowest BCUT2D eigenvalue weighted by Crippen LogP contribution is -2.35. The average Bonchev–Trinajstić information content (AvgIpc) is 3.36. The molecule has 0 unspecified atom stereocenters. The Balaban J connectivity index is 1.52. The second-order valence-corrected chi connectivity index (χ2v) is 6.63. The molecule has 1 aliphatic carbocycles. The van der Waals surface area contributed by atoms with Crippen LogP contribution in [0, 0.1) is 0 Å². The summed E-state index contributed by atoms with van der Waals surface area (Å²) in [6.07, 6.45) is 2.19. The number of carbonyl (C=O) groups excluding carboxylic acids is 1. The molecule has 3 rings (SSSR count). The van der Waals surface area contributed by atoms with Crippen LogP contribution in [-0.2, 0) is 10.2 Å². The van der Waals surface area contributed by atoms with Gasteiger partial charge in [-0.2, -0.15) is 0 Å². The Bertz CT molecular complexity index is 699. The van der Waals surface area contributed by atoms with Crippen LogP contribution in [0.2, 0.25) is 10.0 Å². The fraction of sp³-hybridized carbons (Fsp3) is 0.278. The van der Waals surface area contributed by atoms with Crippen LogP contribution >= 0.6 is 23.2 Å². The largest absolute Gasteiger partial charge is 0.482 e. The van der Waals surface area contributed by atoms with Gasteiger partial charge in [-0.25, -0.2) is 0 Å². The molecular formula is C18H17Cl2NO2. The molecule has 0 saturated heterocycles. The average molecular weight is 350 g/mol. The van der Waals surface area contributed by atoms with Gasteiger partial charge in [-0.15, -0.1) is 0 Å². The Morgan fingerprint density at radius 2 is 1.87 bits per heavy atom. The molecule has 1 fully saturated rings. The predicted octanol–water partition coefficient (Wildman–Crippen LogP) is 4.22. The summed E-state index contributed by atoms with van der Waals surface area (Å²) in [6, 6.07) is 15.2. The van der Waals surface area contributed by atoms with E-state index < -0.39 is 0 Å². The molecule has 0 atom stereocenters. The molecule has 0 aromatic heterocycles. The maximum absolute atomic E-state index is 12.0. The second-order valence-electron chi connectivity index (χ2n) is 5.79. The summed E-state index contributed by atoms with van der Waals surface area (Å²) in [6.45, 7) is 0.549. The van der Waals surface area contributed by atoms with Crippen LogP contribution in [0.15, 0.2) is 48.5 Å². The lowest BCUT2D eigenvalue weighted by Gasteiger charge is -2.17. The topological polar surface area (TPSA) is 38.3 Å². The standard InChI is InChI=1S/C18H17Cl2NO2/c19-14-6-7-15(20)16(10-14)23-11-17(22)21-12-18(8-9-18)13-4-2-1-3-5-13/h1-7,10H,8-9,11-12H2,(H,21,22). The summed E-state index contributed by atoms with van der Waals surface area (Å²) in [4.78, 5) is 12.0. The van der Waals surface area contributed by atoms with Gasteiger partial charge in [0, 0.05) is 23.0 Å². The Morgan fingerprint density at radius 1 is 1.13 bits per heavy atom. The minimum Gasteiger partial charge on any atom is -0.482 e. The minimum atomic E-state index is -0.164. The lowest BCUT2D eigenvalue weighted by molar-refractivity contribution is -0.123. The lowest BCUT2D eigenvalue weighted by atomic mass is 9.96. The van der Waals surface area contributed by atoms with Crippen LogP contribution in [0.3, 0.4) is 0 Å². The molecule has 2 aromatic carbocycles. The van der Waals surface area contributed by atoms with E-state index >= 15 is 0 Å². The van der Waals surface area contributed by atoms with E-state index in [1.807, 2.05) is 18.2 Å². The molecule has 5 heteroatoms. The number of halogens is 2. The second kappa shape index (κ2) is 6.81. The monoisotopic (exact) mass is 349 g/mol. The Hall–Kier alpha value is -1.71. The van der Waals surface area contributed by atoms with Gasteiger partial charge in [0.25, 0.3) is 5.91 Å². The van der Waals surface area contributed by atoms with Crippen molar-refractivity contribution in [1.82, 2.24) is 5.32 Å². The quantitative estimate of drug-likeness (QED) is 0.847. The maximum atomic E-state index is 12.0. The van der Waals surface area contributed by atoms with Crippen LogP contribution in [0.1, 0.15) is 18.4 Å². The van der Waals surface area contributed by atoms with E-state index in [0.717, 1.165) is 12.8 Å². The van der Waals surface area contributed by atoms with Crippen molar-refractivity contribution >= 4 is 29.1 Å². The smallest absolute Gasteiger partial charge is 0.257 e. The van der Waals surface area contributed by atoms with Crippen LogP contribution in [0.4, 0.5) is 0 Å². The number of amides is 1. The third kappa shape index (κ3) is 3.98. The van der Waals surface area contributed by atoms with Gasteiger partial charge in [-0.05, 0) is 30.5 Å². The summed E-state index contributed by atoms with van der Waals surface area (Å²) in [7, 11) is 0. The molecule has 0 bridgehead atoms. The van der Waals surface area contributed by atoms with Crippen molar-refractivity contribution in [2.75, 3.05) is 13.2 Å². The first kappa shape index (κ1) is 16.2. The normalized spacial score (nSPS) is 15.0. The molecule has 1 aliphatic rings. The van der Waals surface area contributed by atoms with E-state index in [2.05, 4.69) is 17.4 Å². The molecule has 0 spiro atoms. The summed E-state index contributed by atoms with van der Waals surface area (Å²) >= 11 is 11.9. The van der Waals surface area contributed by atoms with Crippen molar-refractivity contribution in [3.05, 3.63) is 64.1 Å². The van der Waals surface area contributed by atoms with E-state index in [4.69, 9.17) is 27.9 Å². The summed E-state index contributed by atoms with van der Waals surface area (Å²) in [5, 5.41) is 3.90. The third-order valence-corrected chi connectivity index (χ3v) is 4.66. The van der Waals surface area contributed by atoms with E-state index in [9.17, 15) is 4.79 Å². The summed E-state index contributed by atoms with van der Waals surface area (Å²) in [5.74, 6) is 0.252. The fourth-order valence-corrected chi connectivity index (χ4v) is 2.89. The molecular weight excluding hydrogens is 333 g/mol. The van der Waals surface area contributed by atoms with Gasteiger partial charge in [-0.3, -0.25) is 4.79 Å². The van der Waals surface area contributed by atoms with Crippen molar-refractivity contribution in [3.8, 4) is 5.75 Å². The van der Waals surface area contributed by atoms with Gasteiger partial charge in [-0.1, -0.05) is 53.5 Å².